The van der Waals surface area contributed by atoms with Gasteiger partial charge in [-0.1, -0.05) is 60.5 Å². The van der Waals surface area contributed by atoms with Crippen molar-refractivity contribution in [3.8, 4) is 0 Å². The molecule has 2 heterocycles. The van der Waals surface area contributed by atoms with Gasteiger partial charge in [-0.15, -0.1) is 0 Å². The van der Waals surface area contributed by atoms with Crippen LogP contribution in [0.2, 0.25) is 5.02 Å². The van der Waals surface area contributed by atoms with E-state index in [1.54, 1.807) is 0 Å². The van der Waals surface area contributed by atoms with Gasteiger partial charge in [0.05, 0.1) is 0 Å². The van der Waals surface area contributed by atoms with Gasteiger partial charge in [0, 0.05) is 50.3 Å². The van der Waals surface area contributed by atoms with E-state index >= 15 is 0 Å². The summed E-state index contributed by atoms with van der Waals surface area (Å²) in [5.74, 6) is 0. The number of hydrazine groups is 1. The van der Waals surface area contributed by atoms with Crippen molar-refractivity contribution in [1.82, 2.24) is 14.9 Å². The summed E-state index contributed by atoms with van der Waals surface area (Å²) >= 11 is 6.10. The molecule has 2 aromatic rings. The second kappa shape index (κ2) is 9.89. The maximum atomic E-state index is 6.10. The Bertz CT molecular complexity index is 704. The molecular formula is C24H32ClN3. The van der Waals surface area contributed by atoms with Gasteiger partial charge in [0.2, 0.25) is 0 Å². The standard InChI is InChI=1S/C24H32ClN3/c25-23-11-9-22(10-12-23)20-24(19-21-7-3-1-4-8-21)26-15-17-28(18-16-26)27-13-5-2-6-14-27/h1,3-4,7-12,24H,2,5-6,13-20H2. The molecule has 4 rings (SSSR count). The average molecular weight is 398 g/mol. The number of piperidine rings is 1. The van der Waals surface area contributed by atoms with Crippen LogP contribution in [0.1, 0.15) is 30.4 Å². The molecule has 2 aliphatic rings. The number of hydrogen-bond acceptors (Lipinski definition) is 3. The Hall–Kier alpha value is -1.39. The lowest BCUT2D eigenvalue weighted by molar-refractivity contribution is -0.0741. The predicted molar refractivity (Wildman–Crippen MR) is 118 cm³/mol. The third-order valence-electron chi connectivity index (χ3n) is 6.24. The molecular weight excluding hydrogens is 366 g/mol. The molecule has 0 saturated carbocycles. The van der Waals surface area contributed by atoms with Gasteiger partial charge in [0.15, 0.2) is 0 Å². The lowest BCUT2D eigenvalue weighted by Gasteiger charge is -2.45. The number of halogens is 1. The highest BCUT2D eigenvalue weighted by atomic mass is 35.5. The zero-order chi connectivity index (χ0) is 19.2. The fourth-order valence-corrected chi connectivity index (χ4v) is 4.75. The Labute approximate surface area is 174 Å². The van der Waals surface area contributed by atoms with Gasteiger partial charge >= 0.3 is 0 Å². The van der Waals surface area contributed by atoms with Crippen LogP contribution in [0.3, 0.4) is 0 Å². The number of nitrogens with zero attached hydrogens (tertiary/aromatic N) is 3. The smallest absolute Gasteiger partial charge is 0.0406 e. The van der Waals surface area contributed by atoms with Gasteiger partial charge in [-0.3, -0.25) is 4.90 Å². The maximum absolute atomic E-state index is 6.10. The van der Waals surface area contributed by atoms with Crippen LogP contribution in [-0.2, 0) is 12.8 Å². The molecule has 2 fully saturated rings. The highest BCUT2D eigenvalue weighted by molar-refractivity contribution is 6.30. The van der Waals surface area contributed by atoms with Crippen LogP contribution in [0, 0.1) is 0 Å². The largest absolute Gasteiger partial charge is 0.297 e. The molecule has 150 valence electrons. The van der Waals surface area contributed by atoms with E-state index in [-0.39, 0.29) is 0 Å². The van der Waals surface area contributed by atoms with Crippen molar-refractivity contribution in [1.29, 1.82) is 0 Å². The van der Waals surface area contributed by atoms with E-state index in [2.05, 4.69) is 57.4 Å². The Morgan fingerprint density at radius 2 is 1.21 bits per heavy atom. The van der Waals surface area contributed by atoms with E-state index in [0.717, 1.165) is 44.0 Å². The topological polar surface area (TPSA) is 9.72 Å². The summed E-state index contributed by atoms with van der Waals surface area (Å²) in [5.41, 5.74) is 2.81. The van der Waals surface area contributed by atoms with Crippen LogP contribution < -0.4 is 0 Å². The van der Waals surface area contributed by atoms with E-state index < -0.39 is 0 Å². The third kappa shape index (κ3) is 5.36. The average Bonchev–Trinajstić information content (AvgIpc) is 2.76. The monoisotopic (exact) mass is 397 g/mol. The highest BCUT2D eigenvalue weighted by Crippen LogP contribution is 2.20. The van der Waals surface area contributed by atoms with E-state index in [1.807, 2.05) is 12.1 Å². The Kier molecular flexibility index (Phi) is 7.03. The number of benzene rings is 2. The van der Waals surface area contributed by atoms with Crippen LogP contribution in [-0.4, -0.2) is 60.2 Å². The van der Waals surface area contributed by atoms with Crippen molar-refractivity contribution in [3.05, 3.63) is 70.7 Å². The molecule has 0 amide bonds. The summed E-state index contributed by atoms with van der Waals surface area (Å²) < 4.78 is 0. The molecule has 1 unspecified atom stereocenters. The lowest BCUT2D eigenvalue weighted by atomic mass is 9.97. The molecule has 1 atom stereocenters. The number of piperazine rings is 1. The zero-order valence-corrected chi connectivity index (χ0v) is 17.5. The van der Waals surface area contributed by atoms with Crippen LogP contribution in [0.15, 0.2) is 54.6 Å². The third-order valence-corrected chi connectivity index (χ3v) is 6.49. The molecule has 0 radical (unpaired) electrons. The molecule has 3 nitrogen and oxygen atoms in total. The van der Waals surface area contributed by atoms with Crippen molar-refractivity contribution in [2.75, 3.05) is 39.3 Å². The van der Waals surface area contributed by atoms with E-state index in [9.17, 15) is 0 Å². The van der Waals surface area contributed by atoms with Crippen molar-refractivity contribution in [2.45, 2.75) is 38.1 Å². The van der Waals surface area contributed by atoms with Crippen LogP contribution in [0.25, 0.3) is 0 Å². The van der Waals surface area contributed by atoms with Crippen LogP contribution in [0.5, 0.6) is 0 Å². The first-order valence-electron chi connectivity index (χ1n) is 10.8. The van der Waals surface area contributed by atoms with Gasteiger partial charge in [0.25, 0.3) is 0 Å². The number of hydrogen-bond donors (Lipinski definition) is 0. The first kappa shape index (κ1) is 19.9. The van der Waals surface area contributed by atoms with Crippen molar-refractivity contribution < 1.29 is 0 Å². The fraction of sp³-hybridized carbons (Fsp3) is 0.500. The molecule has 0 N–H and O–H groups in total. The van der Waals surface area contributed by atoms with E-state index in [1.165, 1.54) is 43.5 Å². The van der Waals surface area contributed by atoms with Gasteiger partial charge in [-0.25, -0.2) is 10.0 Å². The minimum absolute atomic E-state index is 0.534. The van der Waals surface area contributed by atoms with Crippen molar-refractivity contribution in [3.63, 3.8) is 0 Å². The normalized spacial score (nSPS) is 20.9. The fourth-order valence-electron chi connectivity index (χ4n) is 4.63. The first-order valence-corrected chi connectivity index (χ1v) is 11.2. The quantitative estimate of drug-likeness (QED) is 0.709. The lowest BCUT2D eigenvalue weighted by Crippen LogP contribution is -2.57. The minimum Gasteiger partial charge on any atom is -0.297 e. The minimum atomic E-state index is 0.534. The molecule has 0 spiro atoms. The summed E-state index contributed by atoms with van der Waals surface area (Å²) in [6.07, 6.45) is 6.29. The maximum Gasteiger partial charge on any atom is 0.0406 e. The second-order valence-electron chi connectivity index (χ2n) is 8.18. The second-order valence-corrected chi connectivity index (χ2v) is 8.61. The molecule has 2 aliphatic heterocycles. The molecule has 28 heavy (non-hydrogen) atoms. The SMILES string of the molecule is Clc1ccc(CC(Cc2ccccc2)N2CCN(N3CCCCC3)CC2)cc1. The van der Waals surface area contributed by atoms with E-state index in [4.69, 9.17) is 11.6 Å². The van der Waals surface area contributed by atoms with E-state index in [0.29, 0.717) is 6.04 Å². The summed E-state index contributed by atoms with van der Waals surface area (Å²) in [6, 6.07) is 19.9. The summed E-state index contributed by atoms with van der Waals surface area (Å²) in [4.78, 5) is 2.71. The molecule has 0 aromatic heterocycles. The van der Waals surface area contributed by atoms with Gasteiger partial charge in [-0.05, 0) is 48.9 Å². The number of rotatable bonds is 6. The molecule has 2 saturated heterocycles. The Balaban J connectivity index is 1.41. The summed E-state index contributed by atoms with van der Waals surface area (Å²) in [5, 5.41) is 6.03. The molecule has 0 aliphatic carbocycles. The highest BCUT2D eigenvalue weighted by Gasteiger charge is 2.27. The predicted octanol–water partition coefficient (Wildman–Crippen LogP) is 4.51. The Morgan fingerprint density at radius 1 is 0.643 bits per heavy atom. The van der Waals surface area contributed by atoms with Crippen molar-refractivity contribution in [2.24, 2.45) is 0 Å². The van der Waals surface area contributed by atoms with Gasteiger partial charge in [0.1, 0.15) is 0 Å². The zero-order valence-electron chi connectivity index (χ0n) is 16.8. The molecule has 0 bridgehead atoms. The van der Waals surface area contributed by atoms with Crippen molar-refractivity contribution >= 4 is 11.6 Å². The molecule has 2 aromatic carbocycles. The van der Waals surface area contributed by atoms with Crippen LogP contribution in [0.4, 0.5) is 0 Å². The Morgan fingerprint density at radius 3 is 1.86 bits per heavy atom. The van der Waals surface area contributed by atoms with Gasteiger partial charge < -0.3 is 0 Å². The summed E-state index contributed by atoms with van der Waals surface area (Å²) in [6.45, 7) is 7.12. The summed E-state index contributed by atoms with van der Waals surface area (Å²) in [7, 11) is 0. The van der Waals surface area contributed by atoms with Crippen LogP contribution >= 0.6 is 11.6 Å². The first-order chi connectivity index (χ1) is 13.8. The molecule has 4 heteroatoms. The van der Waals surface area contributed by atoms with Gasteiger partial charge in [-0.2, -0.15) is 0 Å².